The molecular formula is C19H15N3O3. The van der Waals surface area contributed by atoms with Crippen molar-refractivity contribution >= 4 is 33.7 Å². The number of nitrogens with zero attached hydrogens (tertiary/aromatic N) is 2. The zero-order chi connectivity index (χ0) is 17.4. The highest BCUT2D eigenvalue weighted by Gasteiger charge is 2.11. The van der Waals surface area contributed by atoms with E-state index < -0.39 is 0 Å². The minimum Gasteiger partial charge on any atom is -0.508 e. The Morgan fingerprint density at radius 2 is 1.96 bits per heavy atom. The van der Waals surface area contributed by atoms with Gasteiger partial charge in [0, 0.05) is 47.4 Å². The van der Waals surface area contributed by atoms with Crippen LogP contribution in [0.3, 0.4) is 0 Å². The zero-order valence-corrected chi connectivity index (χ0v) is 13.1. The first-order valence-corrected chi connectivity index (χ1v) is 7.74. The number of benzene rings is 2. The molecule has 0 saturated heterocycles. The highest BCUT2D eigenvalue weighted by Crippen LogP contribution is 2.38. The van der Waals surface area contributed by atoms with Gasteiger partial charge < -0.3 is 20.3 Å². The fourth-order valence-corrected chi connectivity index (χ4v) is 2.87. The number of hydrogen-bond donors (Lipinski definition) is 4. The Balaban J connectivity index is 1.67. The van der Waals surface area contributed by atoms with Crippen molar-refractivity contribution in [3.05, 3.63) is 54.4 Å². The lowest BCUT2D eigenvalue weighted by Crippen LogP contribution is -1.85. The lowest BCUT2D eigenvalue weighted by molar-refractivity contribution is 0.470. The first-order valence-electron chi connectivity index (χ1n) is 7.74. The highest BCUT2D eigenvalue weighted by molar-refractivity contribution is 5.94. The number of rotatable bonds is 3. The van der Waals surface area contributed by atoms with Gasteiger partial charge in [-0.15, -0.1) is 0 Å². The summed E-state index contributed by atoms with van der Waals surface area (Å²) in [6.45, 7) is 0. The topological polar surface area (TPSA) is 102 Å². The normalized spacial score (nSPS) is 11.7. The molecule has 0 bridgehead atoms. The van der Waals surface area contributed by atoms with Crippen molar-refractivity contribution in [2.75, 3.05) is 0 Å². The average Bonchev–Trinajstić information content (AvgIpc) is 3.01. The van der Waals surface area contributed by atoms with Gasteiger partial charge in [-0.25, -0.2) is 0 Å². The van der Waals surface area contributed by atoms with E-state index in [0.29, 0.717) is 17.3 Å². The summed E-state index contributed by atoms with van der Waals surface area (Å²) in [5, 5.41) is 31.4. The van der Waals surface area contributed by atoms with Gasteiger partial charge in [0.1, 0.15) is 22.7 Å². The second-order valence-electron chi connectivity index (χ2n) is 5.72. The Morgan fingerprint density at radius 3 is 2.84 bits per heavy atom. The number of aromatic hydroxyl groups is 3. The molecule has 0 aliphatic heterocycles. The smallest absolute Gasteiger partial charge is 0.168 e. The Morgan fingerprint density at radius 1 is 1.08 bits per heavy atom. The molecule has 25 heavy (non-hydrogen) atoms. The molecule has 0 aliphatic rings. The van der Waals surface area contributed by atoms with E-state index >= 15 is 0 Å². The van der Waals surface area contributed by atoms with Gasteiger partial charge in [-0.1, -0.05) is 0 Å². The van der Waals surface area contributed by atoms with Crippen molar-refractivity contribution in [2.24, 2.45) is 4.99 Å². The minimum absolute atomic E-state index is 0.0186. The molecule has 124 valence electrons. The van der Waals surface area contributed by atoms with Crippen molar-refractivity contribution in [2.45, 2.75) is 6.42 Å². The number of aromatic amines is 1. The third-order valence-corrected chi connectivity index (χ3v) is 4.12. The largest absolute Gasteiger partial charge is 0.508 e. The summed E-state index contributed by atoms with van der Waals surface area (Å²) in [7, 11) is 0. The Kier molecular flexibility index (Phi) is 3.50. The molecule has 6 heteroatoms. The van der Waals surface area contributed by atoms with Crippen LogP contribution in [-0.2, 0) is 6.42 Å². The average molecular weight is 333 g/mol. The van der Waals surface area contributed by atoms with Crippen LogP contribution in [0.25, 0.3) is 21.8 Å². The molecule has 4 N–H and O–H groups in total. The van der Waals surface area contributed by atoms with E-state index in [-0.39, 0.29) is 22.9 Å². The number of fused-ring (bicyclic) bond motifs is 2. The third-order valence-electron chi connectivity index (χ3n) is 4.12. The number of phenols is 3. The molecular weight excluding hydrogens is 318 g/mol. The molecule has 4 aromatic rings. The highest BCUT2D eigenvalue weighted by atomic mass is 16.3. The summed E-state index contributed by atoms with van der Waals surface area (Å²) >= 11 is 0. The van der Waals surface area contributed by atoms with Crippen molar-refractivity contribution in [3.8, 4) is 17.2 Å². The van der Waals surface area contributed by atoms with E-state index in [1.807, 2.05) is 12.3 Å². The predicted molar refractivity (Wildman–Crippen MR) is 96.9 cm³/mol. The second kappa shape index (κ2) is 5.83. The molecule has 6 nitrogen and oxygen atoms in total. The van der Waals surface area contributed by atoms with Gasteiger partial charge in [-0.2, -0.15) is 0 Å². The SMILES string of the molecule is Oc1ccc2[nH]cc(CC=Nc3cc(O)c4cccnc4c3O)c2c1. The number of phenolic OH excluding ortho intramolecular Hbond substituents is 3. The molecule has 2 aromatic heterocycles. The van der Waals surface area contributed by atoms with Gasteiger partial charge in [-0.3, -0.25) is 9.98 Å². The molecule has 0 radical (unpaired) electrons. The maximum Gasteiger partial charge on any atom is 0.168 e. The Bertz CT molecular complexity index is 1120. The fourth-order valence-electron chi connectivity index (χ4n) is 2.87. The number of H-pyrrole nitrogens is 1. The number of pyridine rings is 1. The van der Waals surface area contributed by atoms with Crippen molar-refractivity contribution in [3.63, 3.8) is 0 Å². The second-order valence-corrected chi connectivity index (χ2v) is 5.72. The summed E-state index contributed by atoms with van der Waals surface area (Å²) < 4.78 is 0. The maximum absolute atomic E-state index is 10.3. The number of aliphatic imine (C=N–C) groups is 1. The molecule has 2 heterocycles. The van der Waals surface area contributed by atoms with Crippen LogP contribution in [0.15, 0.2) is 53.8 Å². The summed E-state index contributed by atoms with van der Waals surface area (Å²) in [6, 6.07) is 9.92. The van der Waals surface area contributed by atoms with Gasteiger partial charge in [0.2, 0.25) is 0 Å². The first-order chi connectivity index (χ1) is 12.1. The molecule has 2 aromatic carbocycles. The van der Waals surface area contributed by atoms with Crippen LogP contribution < -0.4 is 0 Å². The molecule has 0 unspecified atom stereocenters. The summed E-state index contributed by atoms with van der Waals surface area (Å²) in [4.78, 5) is 11.5. The molecule has 0 aliphatic carbocycles. The van der Waals surface area contributed by atoms with Crippen LogP contribution in [0, 0.1) is 0 Å². The van der Waals surface area contributed by atoms with Crippen LogP contribution in [0.4, 0.5) is 5.69 Å². The minimum atomic E-state index is -0.0683. The van der Waals surface area contributed by atoms with Crippen molar-refractivity contribution < 1.29 is 15.3 Å². The predicted octanol–water partition coefficient (Wildman–Crippen LogP) is 3.78. The van der Waals surface area contributed by atoms with Crippen molar-refractivity contribution in [1.29, 1.82) is 0 Å². The maximum atomic E-state index is 10.3. The van der Waals surface area contributed by atoms with E-state index in [2.05, 4.69) is 15.0 Å². The third kappa shape index (κ3) is 2.63. The fraction of sp³-hybridized carbons (Fsp3) is 0.0526. The number of nitrogens with one attached hydrogen (secondary N) is 1. The Labute approximate surface area is 142 Å². The van der Waals surface area contributed by atoms with Gasteiger partial charge in [-0.05, 0) is 35.9 Å². The molecule has 0 fully saturated rings. The van der Waals surface area contributed by atoms with Crippen LogP contribution in [-0.4, -0.2) is 31.5 Å². The quantitative estimate of drug-likeness (QED) is 0.338. The standard InChI is InChI=1S/C19H15N3O3/c23-12-3-4-15-14(8-12)11(10-22-15)5-7-20-16-9-17(24)13-2-1-6-21-18(13)19(16)25/h1-4,6-10,22-25H,5H2. The summed E-state index contributed by atoms with van der Waals surface area (Å²) in [5.74, 6) is 0.153. The van der Waals surface area contributed by atoms with E-state index in [1.165, 1.54) is 6.07 Å². The zero-order valence-electron chi connectivity index (χ0n) is 13.1. The van der Waals surface area contributed by atoms with Crippen LogP contribution in [0.5, 0.6) is 17.2 Å². The van der Waals surface area contributed by atoms with Crippen LogP contribution in [0.2, 0.25) is 0 Å². The lowest BCUT2D eigenvalue weighted by Gasteiger charge is -2.05. The van der Waals surface area contributed by atoms with E-state index in [1.54, 1.807) is 36.7 Å². The Hall–Kier alpha value is -3.54. The van der Waals surface area contributed by atoms with E-state index in [9.17, 15) is 15.3 Å². The lowest BCUT2D eigenvalue weighted by atomic mass is 10.1. The van der Waals surface area contributed by atoms with Crippen LogP contribution >= 0.6 is 0 Å². The summed E-state index contributed by atoms with van der Waals surface area (Å²) in [6.07, 6.45) is 5.56. The van der Waals surface area contributed by atoms with Gasteiger partial charge in [0.15, 0.2) is 5.75 Å². The molecule has 0 amide bonds. The number of aromatic nitrogens is 2. The van der Waals surface area contributed by atoms with E-state index in [4.69, 9.17) is 0 Å². The first kappa shape index (κ1) is 15.0. The van der Waals surface area contributed by atoms with Gasteiger partial charge in [0.05, 0.1) is 0 Å². The van der Waals surface area contributed by atoms with Crippen LogP contribution in [0.1, 0.15) is 5.56 Å². The summed E-state index contributed by atoms with van der Waals surface area (Å²) in [5.41, 5.74) is 2.46. The number of hydrogen-bond acceptors (Lipinski definition) is 5. The molecule has 0 saturated carbocycles. The van der Waals surface area contributed by atoms with Gasteiger partial charge >= 0.3 is 0 Å². The van der Waals surface area contributed by atoms with E-state index in [0.717, 1.165) is 16.5 Å². The monoisotopic (exact) mass is 333 g/mol. The molecule has 4 rings (SSSR count). The van der Waals surface area contributed by atoms with Gasteiger partial charge in [0.25, 0.3) is 0 Å². The molecule has 0 atom stereocenters. The molecule has 0 spiro atoms. The van der Waals surface area contributed by atoms with Crippen molar-refractivity contribution in [1.82, 2.24) is 9.97 Å².